The van der Waals surface area contributed by atoms with Gasteiger partial charge in [0.15, 0.2) is 0 Å². The van der Waals surface area contributed by atoms with E-state index in [2.05, 4.69) is 11.5 Å². The average Bonchev–Trinajstić information content (AvgIpc) is 2.36. The normalized spacial score (nSPS) is 15.0. The minimum Gasteiger partial charge on any atom is -0.325 e. The number of hydrogen-bond acceptors (Lipinski definition) is 2. The summed E-state index contributed by atoms with van der Waals surface area (Å²) < 4.78 is 162. The fourth-order valence-corrected chi connectivity index (χ4v) is 0.671. The van der Waals surface area contributed by atoms with E-state index < -0.39 is 49.1 Å². The van der Waals surface area contributed by atoms with Crippen molar-refractivity contribution in [1.29, 1.82) is 0 Å². The van der Waals surface area contributed by atoms with Gasteiger partial charge in [-0.25, -0.2) is 0 Å². The molecule has 148 valence electrons. The Kier molecular flexibility index (Phi) is 7.40. The van der Waals surface area contributed by atoms with Crippen LogP contribution in [0.25, 0.3) is 0 Å². The van der Waals surface area contributed by atoms with Crippen LogP contribution >= 0.6 is 0 Å². The Labute approximate surface area is 123 Å². The van der Waals surface area contributed by atoms with Gasteiger partial charge >= 0.3 is 36.0 Å². The lowest BCUT2D eigenvalue weighted by Crippen LogP contribution is -2.55. The molecule has 0 aromatic heterocycles. The van der Waals surface area contributed by atoms with Crippen molar-refractivity contribution in [1.82, 2.24) is 0 Å². The van der Waals surface area contributed by atoms with E-state index in [0.29, 0.717) is 0 Å². The zero-order valence-corrected chi connectivity index (χ0v) is 10.9. The van der Waals surface area contributed by atoms with Crippen molar-refractivity contribution in [3.05, 3.63) is 0 Å². The van der Waals surface area contributed by atoms with Crippen LogP contribution in [-0.2, 0) is 0 Å². The molecule has 0 aliphatic rings. The second-order valence-electron chi connectivity index (χ2n) is 3.96. The van der Waals surface area contributed by atoms with E-state index in [1.807, 2.05) is 0 Å². The minimum absolute atomic E-state index is 2.06. The molecule has 4 N–H and O–H groups in total. The Morgan fingerprint density at radius 2 is 0.583 bits per heavy atom. The highest BCUT2D eigenvalue weighted by atomic mass is 19.4. The van der Waals surface area contributed by atoms with Crippen LogP contribution in [0.4, 0.5) is 61.5 Å². The van der Waals surface area contributed by atoms with Gasteiger partial charge in [-0.05, 0) is 0 Å². The van der Waals surface area contributed by atoms with Crippen LogP contribution in [-0.4, -0.2) is 49.1 Å². The van der Waals surface area contributed by atoms with Crippen LogP contribution in [0.1, 0.15) is 0 Å². The molecule has 0 saturated carbocycles. The van der Waals surface area contributed by atoms with Gasteiger partial charge in [0.1, 0.15) is 0 Å². The van der Waals surface area contributed by atoms with Gasteiger partial charge in [0, 0.05) is 0 Å². The predicted octanol–water partition coefficient (Wildman–Crippen LogP) is 3.56. The molecule has 0 fully saturated rings. The summed E-state index contributed by atoms with van der Waals surface area (Å²) in [5, 5.41) is 0. The first-order valence-electron chi connectivity index (χ1n) is 5.17. The first-order valence-corrected chi connectivity index (χ1v) is 5.17. The largest absolute Gasteiger partial charge is 0.459 e. The molecule has 2 nitrogen and oxygen atoms in total. The summed E-state index contributed by atoms with van der Waals surface area (Å²) in [7, 11) is 0. The maximum Gasteiger partial charge on any atom is 0.459 e. The highest BCUT2D eigenvalue weighted by molar-refractivity contribution is 4.92. The van der Waals surface area contributed by atoms with Crippen LogP contribution in [0.2, 0.25) is 0 Å². The molecule has 0 amide bonds. The van der Waals surface area contributed by atoms with Crippen LogP contribution < -0.4 is 11.5 Å². The smallest absolute Gasteiger partial charge is 0.325 e. The summed E-state index contributed by atoms with van der Waals surface area (Å²) in [6.45, 7) is -4.11. The van der Waals surface area contributed by atoms with Crippen molar-refractivity contribution in [2.24, 2.45) is 11.5 Å². The van der Waals surface area contributed by atoms with Gasteiger partial charge in [0.05, 0.1) is 13.1 Å². The maximum atomic E-state index is 11.8. The molecular formula is C8H8F14N2. The van der Waals surface area contributed by atoms with Gasteiger partial charge in [-0.15, -0.1) is 0 Å². The van der Waals surface area contributed by atoms with Crippen molar-refractivity contribution in [2.45, 2.75) is 36.0 Å². The van der Waals surface area contributed by atoms with Gasteiger partial charge in [-0.2, -0.15) is 61.5 Å². The average molecular weight is 398 g/mol. The van der Waals surface area contributed by atoms with E-state index in [1.54, 1.807) is 0 Å². The summed E-state index contributed by atoms with van der Waals surface area (Å²) in [4.78, 5) is 0. The summed E-state index contributed by atoms with van der Waals surface area (Å²) in [6.07, 6.45) is -12.6. The molecular weight excluding hydrogens is 390 g/mol. The van der Waals surface area contributed by atoms with Gasteiger partial charge in [-0.3, -0.25) is 0 Å². The summed E-state index contributed by atoms with van der Waals surface area (Å²) in [5.41, 5.74) is 8.12. The summed E-state index contributed by atoms with van der Waals surface area (Å²) in [6, 6.07) is 0. The molecule has 0 aromatic carbocycles. The quantitative estimate of drug-likeness (QED) is 0.712. The molecule has 0 radical (unpaired) electrons. The Hall–Kier alpha value is -1.06. The number of halogens is 14. The van der Waals surface area contributed by atoms with Crippen molar-refractivity contribution in [2.75, 3.05) is 13.1 Å². The molecule has 0 aliphatic heterocycles. The molecule has 0 aliphatic carbocycles. The summed E-state index contributed by atoms with van der Waals surface area (Å²) >= 11 is 0. The van der Waals surface area contributed by atoms with Crippen LogP contribution in [0.3, 0.4) is 0 Å². The van der Waals surface area contributed by atoms with Crippen molar-refractivity contribution >= 4 is 0 Å². The fraction of sp³-hybridized carbons (Fsp3) is 1.00. The van der Waals surface area contributed by atoms with E-state index in [0.717, 1.165) is 0 Å². The number of alkyl halides is 14. The second-order valence-corrected chi connectivity index (χ2v) is 3.96. The van der Waals surface area contributed by atoms with E-state index in [9.17, 15) is 61.5 Å². The Bertz CT molecular complexity index is 357. The molecule has 0 rings (SSSR count). The van der Waals surface area contributed by atoms with Crippen LogP contribution in [0, 0.1) is 0 Å². The molecule has 16 heteroatoms. The Morgan fingerprint density at radius 3 is 0.625 bits per heavy atom. The molecule has 0 aromatic rings. The Balaban J connectivity index is 0. The lowest BCUT2D eigenvalue weighted by atomic mass is 10.1. The van der Waals surface area contributed by atoms with Gasteiger partial charge in [0.25, 0.3) is 0 Å². The van der Waals surface area contributed by atoms with Crippen molar-refractivity contribution < 1.29 is 61.5 Å². The molecule has 0 bridgehead atoms. The van der Waals surface area contributed by atoms with Crippen molar-refractivity contribution in [3.8, 4) is 0 Å². The van der Waals surface area contributed by atoms with Crippen molar-refractivity contribution in [3.63, 3.8) is 0 Å². The van der Waals surface area contributed by atoms with E-state index >= 15 is 0 Å². The van der Waals surface area contributed by atoms with Crippen LogP contribution in [0.15, 0.2) is 0 Å². The third-order valence-corrected chi connectivity index (χ3v) is 2.14. The Morgan fingerprint density at radius 1 is 0.417 bits per heavy atom. The first kappa shape index (κ1) is 25.2. The lowest BCUT2D eigenvalue weighted by molar-refractivity contribution is -0.351. The first-order chi connectivity index (χ1) is 10.1. The van der Waals surface area contributed by atoms with Crippen LogP contribution in [0.5, 0.6) is 0 Å². The highest BCUT2D eigenvalue weighted by Crippen LogP contribution is 2.46. The fourth-order valence-electron chi connectivity index (χ4n) is 0.671. The topological polar surface area (TPSA) is 52.0 Å². The zero-order valence-electron chi connectivity index (χ0n) is 10.9. The second kappa shape index (κ2) is 7.05. The third-order valence-electron chi connectivity index (χ3n) is 2.14. The predicted molar refractivity (Wildman–Crippen MR) is 50.0 cm³/mol. The molecule has 0 spiro atoms. The third kappa shape index (κ3) is 4.97. The van der Waals surface area contributed by atoms with Gasteiger partial charge in [0.2, 0.25) is 0 Å². The van der Waals surface area contributed by atoms with Gasteiger partial charge < -0.3 is 11.5 Å². The lowest BCUT2D eigenvalue weighted by Gasteiger charge is -2.26. The standard InChI is InChI=1S/2C4H4F7N/c2*5-2(6,1-12)3(7,8)4(9,10)11/h2*1,12H2. The zero-order chi connectivity index (χ0) is 20.4. The van der Waals surface area contributed by atoms with E-state index in [1.165, 1.54) is 0 Å². The van der Waals surface area contributed by atoms with E-state index in [4.69, 9.17) is 0 Å². The number of nitrogens with two attached hydrogens (primary N) is 2. The molecule has 0 saturated heterocycles. The maximum absolute atomic E-state index is 11.8. The molecule has 0 unspecified atom stereocenters. The number of rotatable bonds is 4. The molecule has 0 heterocycles. The molecule has 0 atom stereocenters. The highest BCUT2D eigenvalue weighted by Gasteiger charge is 2.73. The number of hydrogen-bond donors (Lipinski definition) is 2. The van der Waals surface area contributed by atoms with Gasteiger partial charge in [-0.1, -0.05) is 0 Å². The molecule has 24 heavy (non-hydrogen) atoms. The van der Waals surface area contributed by atoms with E-state index in [-0.39, 0.29) is 0 Å². The monoisotopic (exact) mass is 398 g/mol. The minimum atomic E-state index is -6.28. The summed E-state index contributed by atoms with van der Waals surface area (Å²) in [5.74, 6) is -22.7. The SMILES string of the molecule is NCC(F)(F)C(F)(F)C(F)(F)F.NCC(F)(F)C(F)(F)C(F)(F)F.